The lowest BCUT2D eigenvalue weighted by Crippen LogP contribution is -2.40. The Labute approximate surface area is 204 Å². The topological polar surface area (TPSA) is 101 Å². The van der Waals surface area contributed by atoms with E-state index >= 15 is 0 Å². The lowest BCUT2D eigenvalue weighted by atomic mass is 10.1. The Morgan fingerprint density at radius 2 is 2.00 bits per heavy atom. The molecule has 2 rings (SSSR count). The predicted octanol–water partition coefficient (Wildman–Crippen LogP) is 2.63. The fraction of sp³-hybridized carbons (Fsp3) is 0.667. The predicted molar refractivity (Wildman–Crippen MR) is 135 cm³/mol. The molecule has 1 saturated heterocycles. The van der Waals surface area contributed by atoms with E-state index in [1.807, 2.05) is 33.8 Å². The first-order valence-electron chi connectivity index (χ1n) is 10.5. The maximum Gasteiger partial charge on any atom is 0.241 e. The van der Waals surface area contributed by atoms with Crippen LogP contribution in [0.2, 0.25) is 0 Å². The Bertz CT molecular complexity index is 791. The molecule has 178 valence electrons. The molecule has 0 aromatic heterocycles. The number of hydrogen-bond acceptors (Lipinski definition) is 5. The lowest BCUT2D eigenvalue weighted by molar-refractivity contribution is 0.0420. The molecule has 0 radical (unpaired) electrons. The van der Waals surface area contributed by atoms with Gasteiger partial charge in [0.15, 0.2) is 5.96 Å². The lowest BCUT2D eigenvalue weighted by Gasteiger charge is -2.21. The summed E-state index contributed by atoms with van der Waals surface area (Å²) in [6.45, 7) is 11.3. The SMILES string of the molecule is CCNC(=NCc1ccccc1S(=O)(=O)NC(C)(C)C)NCCCOC1CCOC1.I. The quantitative estimate of drug-likeness (QED) is 0.174. The number of guanidine groups is 1. The van der Waals surface area contributed by atoms with Crippen LogP contribution < -0.4 is 15.4 Å². The molecule has 1 aliphatic heterocycles. The summed E-state index contributed by atoms with van der Waals surface area (Å²) in [5, 5.41) is 6.47. The van der Waals surface area contributed by atoms with Crippen molar-refractivity contribution < 1.29 is 17.9 Å². The highest BCUT2D eigenvalue weighted by Gasteiger charge is 2.24. The summed E-state index contributed by atoms with van der Waals surface area (Å²) >= 11 is 0. The van der Waals surface area contributed by atoms with Crippen molar-refractivity contribution in [3.05, 3.63) is 29.8 Å². The smallest absolute Gasteiger partial charge is 0.241 e. The second kappa shape index (κ2) is 13.6. The van der Waals surface area contributed by atoms with Crippen LogP contribution in [-0.2, 0) is 26.0 Å². The van der Waals surface area contributed by atoms with Gasteiger partial charge in [0.1, 0.15) is 0 Å². The third kappa shape index (κ3) is 10.5. The highest BCUT2D eigenvalue weighted by atomic mass is 127. The van der Waals surface area contributed by atoms with Crippen LogP contribution in [0, 0.1) is 0 Å². The third-order valence-corrected chi connectivity index (χ3v) is 6.17. The largest absolute Gasteiger partial charge is 0.379 e. The number of sulfonamides is 1. The van der Waals surface area contributed by atoms with Crippen LogP contribution in [0.25, 0.3) is 0 Å². The van der Waals surface area contributed by atoms with Gasteiger partial charge in [0.05, 0.1) is 24.2 Å². The molecule has 0 aliphatic carbocycles. The zero-order chi connectivity index (χ0) is 22.0. The van der Waals surface area contributed by atoms with Gasteiger partial charge in [-0.05, 0) is 52.2 Å². The number of halogens is 1. The van der Waals surface area contributed by atoms with E-state index in [0.29, 0.717) is 37.8 Å². The summed E-state index contributed by atoms with van der Waals surface area (Å²) in [6.07, 6.45) is 2.03. The average molecular weight is 569 g/mol. The maximum atomic E-state index is 12.8. The van der Waals surface area contributed by atoms with Crippen LogP contribution in [-0.4, -0.2) is 58.9 Å². The molecule has 1 heterocycles. The van der Waals surface area contributed by atoms with Crippen LogP contribution in [0.4, 0.5) is 0 Å². The number of hydrogen-bond donors (Lipinski definition) is 3. The molecule has 1 atom stereocenters. The number of ether oxygens (including phenoxy) is 2. The molecule has 1 unspecified atom stereocenters. The first kappa shape index (κ1) is 28.1. The van der Waals surface area contributed by atoms with E-state index in [4.69, 9.17) is 9.47 Å². The van der Waals surface area contributed by atoms with Gasteiger partial charge in [-0.25, -0.2) is 18.1 Å². The van der Waals surface area contributed by atoms with E-state index in [1.165, 1.54) is 0 Å². The van der Waals surface area contributed by atoms with Gasteiger partial charge in [0, 0.05) is 31.8 Å². The van der Waals surface area contributed by atoms with Crippen LogP contribution in [0.3, 0.4) is 0 Å². The second-order valence-electron chi connectivity index (χ2n) is 8.30. The van der Waals surface area contributed by atoms with Gasteiger partial charge < -0.3 is 20.1 Å². The van der Waals surface area contributed by atoms with Gasteiger partial charge in [-0.15, -0.1) is 24.0 Å². The van der Waals surface area contributed by atoms with E-state index in [-0.39, 0.29) is 41.5 Å². The minimum atomic E-state index is -3.63. The Morgan fingerprint density at radius 1 is 1.26 bits per heavy atom. The first-order valence-corrected chi connectivity index (χ1v) is 12.0. The zero-order valence-corrected chi connectivity index (χ0v) is 22.1. The molecule has 0 amide bonds. The van der Waals surface area contributed by atoms with Gasteiger partial charge in [-0.1, -0.05) is 18.2 Å². The van der Waals surface area contributed by atoms with E-state index in [2.05, 4.69) is 20.3 Å². The van der Waals surface area contributed by atoms with Crippen LogP contribution >= 0.6 is 24.0 Å². The molecule has 3 N–H and O–H groups in total. The zero-order valence-electron chi connectivity index (χ0n) is 18.9. The van der Waals surface area contributed by atoms with Crippen LogP contribution in [0.1, 0.15) is 46.1 Å². The molecule has 10 heteroatoms. The Balaban J connectivity index is 0.00000480. The Morgan fingerprint density at radius 3 is 2.65 bits per heavy atom. The van der Waals surface area contributed by atoms with Crippen molar-refractivity contribution in [2.75, 3.05) is 32.9 Å². The maximum absolute atomic E-state index is 12.8. The van der Waals surface area contributed by atoms with Crippen LogP contribution in [0.5, 0.6) is 0 Å². The Hall–Kier alpha value is -0.950. The summed E-state index contributed by atoms with van der Waals surface area (Å²) in [7, 11) is -3.63. The van der Waals surface area contributed by atoms with Crippen molar-refractivity contribution in [2.45, 2.75) is 63.6 Å². The molecular weight excluding hydrogens is 531 g/mol. The van der Waals surface area contributed by atoms with Crippen LogP contribution in [0.15, 0.2) is 34.2 Å². The van der Waals surface area contributed by atoms with E-state index < -0.39 is 15.6 Å². The van der Waals surface area contributed by atoms with Crippen molar-refractivity contribution in [2.24, 2.45) is 4.99 Å². The van der Waals surface area contributed by atoms with Crippen molar-refractivity contribution in [3.8, 4) is 0 Å². The minimum Gasteiger partial charge on any atom is -0.379 e. The van der Waals surface area contributed by atoms with Crippen molar-refractivity contribution >= 4 is 40.0 Å². The molecule has 31 heavy (non-hydrogen) atoms. The highest BCUT2D eigenvalue weighted by Crippen LogP contribution is 2.18. The van der Waals surface area contributed by atoms with Gasteiger partial charge in [-0.2, -0.15) is 0 Å². The van der Waals surface area contributed by atoms with Gasteiger partial charge in [0.25, 0.3) is 0 Å². The summed E-state index contributed by atoms with van der Waals surface area (Å²) in [5.41, 5.74) is 0.0919. The second-order valence-corrected chi connectivity index (χ2v) is 9.95. The molecule has 1 aromatic rings. The number of benzene rings is 1. The summed E-state index contributed by atoms with van der Waals surface area (Å²) in [6, 6.07) is 6.96. The number of rotatable bonds is 10. The average Bonchev–Trinajstić information content (AvgIpc) is 3.17. The fourth-order valence-corrected chi connectivity index (χ4v) is 4.69. The molecule has 0 saturated carbocycles. The van der Waals surface area contributed by atoms with Gasteiger partial charge in [0.2, 0.25) is 10.0 Å². The molecular formula is C21H37IN4O4S. The molecule has 8 nitrogen and oxygen atoms in total. The monoisotopic (exact) mass is 568 g/mol. The van der Waals surface area contributed by atoms with Crippen molar-refractivity contribution in [1.82, 2.24) is 15.4 Å². The summed E-state index contributed by atoms with van der Waals surface area (Å²) in [5.74, 6) is 0.651. The van der Waals surface area contributed by atoms with Crippen molar-refractivity contribution in [1.29, 1.82) is 0 Å². The van der Waals surface area contributed by atoms with Crippen molar-refractivity contribution in [3.63, 3.8) is 0 Å². The number of aliphatic imine (C=N–C) groups is 1. The minimum absolute atomic E-state index is 0. The molecule has 1 aliphatic rings. The van der Waals surface area contributed by atoms with E-state index in [9.17, 15) is 8.42 Å². The Kier molecular flexibility index (Phi) is 12.3. The first-order chi connectivity index (χ1) is 14.2. The molecule has 1 fully saturated rings. The normalized spacial score (nSPS) is 17.3. The molecule has 0 spiro atoms. The van der Waals surface area contributed by atoms with Gasteiger partial charge >= 0.3 is 0 Å². The number of nitrogens with one attached hydrogen (secondary N) is 3. The summed E-state index contributed by atoms with van der Waals surface area (Å²) in [4.78, 5) is 4.83. The van der Waals surface area contributed by atoms with E-state index in [1.54, 1.807) is 18.2 Å². The van der Waals surface area contributed by atoms with E-state index in [0.717, 1.165) is 19.4 Å². The number of nitrogens with zero attached hydrogens (tertiary/aromatic N) is 1. The standard InChI is InChI=1S/C21H36N4O4S.HI/c1-5-22-20(23-12-8-13-29-18-11-14-28-16-18)24-15-17-9-6-7-10-19(17)30(26,27)25-21(2,3)4;/h6-7,9-10,18,25H,5,8,11-16H2,1-4H3,(H2,22,23,24);1H. The third-order valence-electron chi connectivity index (χ3n) is 4.31. The fourth-order valence-electron chi connectivity index (χ4n) is 3.03. The molecule has 1 aromatic carbocycles. The van der Waals surface area contributed by atoms with Gasteiger partial charge in [-0.3, -0.25) is 0 Å². The summed E-state index contributed by atoms with van der Waals surface area (Å²) < 4.78 is 39.3. The molecule has 0 bridgehead atoms. The highest BCUT2D eigenvalue weighted by molar-refractivity contribution is 14.0.